The zero-order valence-corrected chi connectivity index (χ0v) is 17.2. The number of nitro benzene ring substituents is 1. The number of aromatic hydroxyl groups is 1. The molecule has 0 unspecified atom stereocenters. The molecule has 0 fully saturated rings. The molecule has 1 N–H and O–H groups in total. The SMILES string of the molecule is C=CCN=c1scc(-c2ccc(Cl)cc2)n1N=Cc1cc(Cl)cc([N+](=O)[O-])c1O. The third kappa shape index (κ3) is 4.73. The molecular formula is C19H14Cl2N4O3S. The Morgan fingerprint density at radius 3 is 2.62 bits per heavy atom. The largest absolute Gasteiger partial charge is 0.502 e. The van der Waals surface area contributed by atoms with Crippen molar-refractivity contribution in [2.75, 3.05) is 6.54 Å². The number of hydrogen-bond donors (Lipinski definition) is 1. The van der Waals surface area contributed by atoms with Crippen molar-refractivity contribution in [3.8, 4) is 17.0 Å². The molecule has 0 saturated carbocycles. The van der Waals surface area contributed by atoms with Gasteiger partial charge in [-0.1, -0.05) is 41.4 Å². The molecule has 0 bridgehead atoms. The van der Waals surface area contributed by atoms with E-state index in [1.165, 1.54) is 23.6 Å². The van der Waals surface area contributed by atoms with Crippen molar-refractivity contribution in [2.24, 2.45) is 10.1 Å². The average Bonchev–Trinajstić information content (AvgIpc) is 3.09. The van der Waals surface area contributed by atoms with Gasteiger partial charge in [-0.05, 0) is 18.2 Å². The number of benzene rings is 2. The zero-order valence-electron chi connectivity index (χ0n) is 14.8. The summed E-state index contributed by atoms with van der Waals surface area (Å²) < 4.78 is 1.57. The highest BCUT2D eigenvalue weighted by Crippen LogP contribution is 2.32. The first-order chi connectivity index (χ1) is 13.9. The number of halogens is 2. The number of phenols is 1. The lowest BCUT2D eigenvalue weighted by Gasteiger charge is -2.05. The van der Waals surface area contributed by atoms with Gasteiger partial charge < -0.3 is 5.11 Å². The van der Waals surface area contributed by atoms with Crippen LogP contribution in [0.3, 0.4) is 0 Å². The number of aromatic nitrogens is 1. The third-order valence-corrected chi connectivity index (χ3v) is 5.10. The molecule has 0 radical (unpaired) electrons. The standard InChI is InChI=1S/C19H14Cl2N4O3S/c1-2-7-22-19-24(17(11-29-19)12-3-5-14(20)6-4-12)23-10-13-8-15(21)9-16(18(13)26)25(27)28/h2-6,8-11,26H,1,7H2. The van der Waals surface area contributed by atoms with Crippen LogP contribution < -0.4 is 4.80 Å². The van der Waals surface area contributed by atoms with Gasteiger partial charge in [0.1, 0.15) is 0 Å². The summed E-state index contributed by atoms with van der Waals surface area (Å²) in [6.45, 7) is 4.05. The molecule has 2 aromatic carbocycles. The second-order valence-corrected chi connectivity index (χ2v) is 7.43. The molecule has 7 nitrogen and oxygen atoms in total. The molecule has 148 valence electrons. The van der Waals surface area contributed by atoms with Crippen LogP contribution in [0.4, 0.5) is 5.69 Å². The fourth-order valence-corrected chi connectivity index (χ4v) is 3.64. The highest BCUT2D eigenvalue weighted by atomic mass is 35.5. The molecule has 29 heavy (non-hydrogen) atoms. The first-order valence-electron chi connectivity index (χ1n) is 8.20. The van der Waals surface area contributed by atoms with Gasteiger partial charge in [0.25, 0.3) is 0 Å². The van der Waals surface area contributed by atoms with Crippen LogP contribution in [0.1, 0.15) is 5.56 Å². The predicted octanol–water partition coefficient (Wildman–Crippen LogP) is 5.11. The number of phenolic OH excluding ortho intramolecular Hbond substituents is 1. The molecule has 0 aliphatic carbocycles. The molecule has 3 rings (SSSR count). The molecule has 0 atom stereocenters. The molecule has 10 heteroatoms. The average molecular weight is 449 g/mol. The molecule has 0 amide bonds. The Balaban J connectivity index is 2.13. The summed E-state index contributed by atoms with van der Waals surface area (Å²) in [5.74, 6) is -0.517. The number of rotatable bonds is 6. The van der Waals surface area contributed by atoms with Crippen LogP contribution in [0.5, 0.6) is 5.75 Å². The van der Waals surface area contributed by atoms with Crippen LogP contribution in [-0.2, 0) is 0 Å². The Bertz CT molecular complexity index is 1170. The highest BCUT2D eigenvalue weighted by molar-refractivity contribution is 7.07. The van der Waals surface area contributed by atoms with Crippen molar-refractivity contribution in [3.63, 3.8) is 0 Å². The topological polar surface area (TPSA) is 93.0 Å². The summed E-state index contributed by atoms with van der Waals surface area (Å²) in [7, 11) is 0. The summed E-state index contributed by atoms with van der Waals surface area (Å²) >= 11 is 13.3. The van der Waals surface area contributed by atoms with Crippen LogP contribution in [0.15, 0.2) is 64.5 Å². The molecule has 3 aromatic rings. The lowest BCUT2D eigenvalue weighted by atomic mass is 10.2. The van der Waals surface area contributed by atoms with E-state index in [0.717, 1.165) is 17.3 Å². The monoisotopic (exact) mass is 448 g/mol. The van der Waals surface area contributed by atoms with E-state index in [1.54, 1.807) is 22.9 Å². The van der Waals surface area contributed by atoms with Crippen LogP contribution in [0.2, 0.25) is 10.0 Å². The third-order valence-electron chi connectivity index (χ3n) is 3.77. The maximum absolute atomic E-state index is 11.1. The Morgan fingerprint density at radius 1 is 1.24 bits per heavy atom. The molecule has 0 spiro atoms. The smallest absolute Gasteiger partial charge is 0.312 e. The lowest BCUT2D eigenvalue weighted by Crippen LogP contribution is -2.12. The van der Waals surface area contributed by atoms with Gasteiger partial charge in [-0.15, -0.1) is 17.9 Å². The van der Waals surface area contributed by atoms with E-state index in [9.17, 15) is 15.2 Å². The first-order valence-corrected chi connectivity index (χ1v) is 9.83. The summed E-state index contributed by atoms with van der Waals surface area (Å²) in [4.78, 5) is 15.4. The Hall–Kier alpha value is -2.94. The summed E-state index contributed by atoms with van der Waals surface area (Å²) in [5.41, 5.74) is 1.20. The van der Waals surface area contributed by atoms with Gasteiger partial charge in [0.05, 0.1) is 23.4 Å². The van der Waals surface area contributed by atoms with Crippen molar-refractivity contribution in [3.05, 3.63) is 85.0 Å². The molecule has 0 aliphatic rings. The van der Waals surface area contributed by atoms with Gasteiger partial charge in [0.15, 0.2) is 0 Å². The number of hydrogen-bond acceptors (Lipinski definition) is 6. The minimum atomic E-state index is -0.708. The van der Waals surface area contributed by atoms with E-state index in [-0.39, 0.29) is 10.6 Å². The van der Waals surface area contributed by atoms with E-state index in [4.69, 9.17) is 23.2 Å². The van der Waals surface area contributed by atoms with E-state index < -0.39 is 16.4 Å². The number of nitro groups is 1. The van der Waals surface area contributed by atoms with Crippen LogP contribution >= 0.6 is 34.5 Å². The second-order valence-electron chi connectivity index (χ2n) is 5.72. The van der Waals surface area contributed by atoms with E-state index in [2.05, 4.69) is 16.7 Å². The Kier molecular flexibility index (Phi) is 6.48. The molecular weight excluding hydrogens is 435 g/mol. The summed E-state index contributed by atoms with van der Waals surface area (Å²) in [5, 5.41) is 28.3. The van der Waals surface area contributed by atoms with Crippen LogP contribution in [-0.4, -0.2) is 27.5 Å². The van der Waals surface area contributed by atoms with Crippen molar-refractivity contribution >= 4 is 46.4 Å². The van der Waals surface area contributed by atoms with Gasteiger partial charge in [0, 0.05) is 32.6 Å². The van der Waals surface area contributed by atoms with Crippen molar-refractivity contribution in [1.29, 1.82) is 0 Å². The Morgan fingerprint density at radius 2 is 1.97 bits per heavy atom. The van der Waals surface area contributed by atoms with Crippen LogP contribution in [0, 0.1) is 10.1 Å². The highest BCUT2D eigenvalue weighted by Gasteiger charge is 2.18. The number of thiazole rings is 1. The van der Waals surface area contributed by atoms with Gasteiger partial charge in [-0.2, -0.15) is 5.10 Å². The summed E-state index contributed by atoms with van der Waals surface area (Å²) in [6, 6.07) is 9.67. The predicted molar refractivity (Wildman–Crippen MR) is 116 cm³/mol. The first kappa shape index (κ1) is 20.8. The Labute approximate surface area is 179 Å². The normalized spacial score (nSPS) is 11.9. The fourth-order valence-electron chi connectivity index (χ4n) is 2.44. The van der Waals surface area contributed by atoms with Gasteiger partial charge in [-0.3, -0.25) is 15.1 Å². The number of nitrogens with zero attached hydrogens (tertiary/aromatic N) is 4. The van der Waals surface area contributed by atoms with Gasteiger partial charge in [0.2, 0.25) is 10.6 Å². The molecule has 1 aromatic heterocycles. The second kappa shape index (κ2) is 9.04. The molecule has 0 saturated heterocycles. The van der Waals surface area contributed by atoms with E-state index in [1.807, 2.05) is 17.5 Å². The maximum Gasteiger partial charge on any atom is 0.312 e. The molecule has 1 heterocycles. The summed E-state index contributed by atoms with van der Waals surface area (Å²) in [6.07, 6.45) is 2.95. The molecule has 0 aliphatic heterocycles. The van der Waals surface area contributed by atoms with Crippen LogP contribution in [0.25, 0.3) is 11.3 Å². The fraction of sp³-hybridized carbons (Fsp3) is 0.0526. The van der Waals surface area contributed by atoms with Crippen molar-refractivity contribution in [2.45, 2.75) is 0 Å². The van der Waals surface area contributed by atoms with Crippen molar-refractivity contribution < 1.29 is 10.0 Å². The van der Waals surface area contributed by atoms with Gasteiger partial charge >= 0.3 is 5.69 Å². The van der Waals surface area contributed by atoms with E-state index >= 15 is 0 Å². The quantitative estimate of drug-likeness (QED) is 0.245. The lowest BCUT2D eigenvalue weighted by molar-refractivity contribution is -0.385. The zero-order chi connectivity index (χ0) is 21.0. The minimum Gasteiger partial charge on any atom is -0.502 e. The maximum atomic E-state index is 11.1. The van der Waals surface area contributed by atoms with Gasteiger partial charge in [-0.25, -0.2) is 4.68 Å². The van der Waals surface area contributed by atoms with E-state index in [0.29, 0.717) is 16.4 Å². The van der Waals surface area contributed by atoms with Crippen molar-refractivity contribution in [1.82, 2.24) is 4.68 Å². The minimum absolute atomic E-state index is 0.111.